The van der Waals surface area contributed by atoms with Gasteiger partial charge in [-0.15, -0.1) is 0 Å². The van der Waals surface area contributed by atoms with E-state index in [-0.39, 0.29) is 5.91 Å². The number of hydrogen-bond acceptors (Lipinski definition) is 3. The van der Waals surface area contributed by atoms with Gasteiger partial charge in [0.15, 0.2) is 0 Å². The van der Waals surface area contributed by atoms with Crippen LogP contribution in [0.25, 0.3) is 16.8 Å². The van der Waals surface area contributed by atoms with Gasteiger partial charge in [-0.25, -0.2) is 4.98 Å². The first kappa shape index (κ1) is 15.1. The summed E-state index contributed by atoms with van der Waals surface area (Å²) in [5.41, 5.74) is 3.63. The van der Waals surface area contributed by atoms with Crippen molar-refractivity contribution in [2.75, 3.05) is 0 Å². The van der Waals surface area contributed by atoms with E-state index in [0.717, 1.165) is 22.3 Å². The van der Waals surface area contributed by atoms with E-state index in [2.05, 4.69) is 15.3 Å². The molecule has 0 aliphatic rings. The fourth-order valence-corrected chi connectivity index (χ4v) is 2.77. The van der Waals surface area contributed by atoms with Crippen LogP contribution in [0.15, 0.2) is 79.3 Å². The van der Waals surface area contributed by atoms with E-state index >= 15 is 0 Å². The van der Waals surface area contributed by atoms with Crippen LogP contribution in [-0.2, 0) is 6.54 Å². The number of aromatic nitrogens is 3. The van der Waals surface area contributed by atoms with Gasteiger partial charge in [0.25, 0.3) is 5.91 Å². The van der Waals surface area contributed by atoms with Gasteiger partial charge in [-0.2, -0.15) is 0 Å². The first-order chi connectivity index (χ1) is 12.3. The summed E-state index contributed by atoms with van der Waals surface area (Å²) in [6.45, 7) is 0.412. The molecule has 0 spiro atoms. The van der Waals surface area contributed by atoms with Gasteiger partial charge >= 0.3 is 0 Å². The largest absolute Gasteiger partial charge is 0.345 e. The van der Waals surface area contributed by atoms with Crippen LogP contribution in [0, 0.1) is 0 Å². The Hall–Kier alpha value is -3.47. The smallest absolute Gasteiger partial charge is 0.287 e. The SMILES string of the molecule is O=C(NCc1cccnc1)c1nc(-c2ccccc2)c2ccccn12. The van der Waals surface area contributed by atoms with E-state index in [4.69, 9.17) is 0 Å². The summed E-state index contributed by atoms with van der Waals surface area (Å²) >= 11 is 0. The Morgan fingerprint density at radius 3 is 2.64 bits per heavy atom. The molecular formula is C20H16N4O. The van der Waals surface area contributed by atoms with Crippen molar-refractivity contribution >= 4 is 11.4 Å². The number of nitrogens with zero attached hydrogens (tertiary/aromatic N) is 3. The number of rotatable bonds is 4. The molecule has 3 aromatic heterocycles. The van der Waals surface area contributed by atoms with E-state index in [9.17, 15) is 4.79 Å². The van der Waals surface area contributed by atoms with Gasteiger partial charge in [-0.1, -0.05) is 42.5 Å². The summed E-state index contributed by atoms with van der Waals surface area (Å²) in [5.74, 6) is 0.158. The van der Waals surface area contributed by atoms with E-state index in [1.54, 1.807) is 12.4 Å². The molecule has 0 saturated heterocycles. The van der Waals surface area contributed by atoms with Gasteiger partial charge in [-0.05, 0) is 23.8 Å². The van der Waals surface area contributed by atoms with Crippen molar-refractivity contribution in [2.45, 2.75) is 6.54 Å². The minimum atomic E-state index is -0.216. The third-order valence-electron chi connectivity index (χ3n) is 3.97. The van der Waals surface area contributed by atoms with Crippen molar-refractivity contribution in [3.63, 3.8) is 0 Å². The zero-order chi connectivity index (χ0) is 17.1. The van der Waals surface area contributed by atoms with Crippen LogP contribution in [-0.4, -0.2) is 20.3 Å². The summed E-state index contributed by atoms with van der Waals surface area (Å²) in [5, 5.41) is 2.91. The third-order valence-corrected chi connectivity index (χ3v) is 3.97. The fourth-order valence-electron chi connectivity index (χ4n) is 2.77. The van der Waals surface area contributed by atoms with Crippen molar-refractivity contribution in [3.05, 3.63) is 90.6 Å². The Morgan fingerprint density at radius 1 is 1.00 bits per heavy atom. The van der Waals surface area contributed by atoms with Crippen molar-refractivity contribution < 1.29 is 4.79 Å². The zero-order valence-electron chi connectivity index (χ0n) is 13.5. The maximum atomic E-state index is 12.7. The Bertz CT molecular complexity index is 1010. The van der Waals surface area contributed by atoms with Crippen molar-refractivity contribution in [2.24, 2.45) is 0 Å². The summed E-state index contributed by atoms with van der Waals surface area (Å²) in [7, 11) is 0. The summed E-state index contributed by atoms with van der Waals surface area (Å²) < 4.78 is 1.82. The number of benzene rings is 1. The molecule has 1 N–H and O–H groups in total. The predicted octanol–water partition coefficient (Wildman–Crippen LogP) is 3.33. The average molecular weight is 328 g/mol. The molecule has 122 valence electrons. The molecule has 3 heterocycles. The van der Waals surface area contributed by atoms with Crippen LogP contribution in [0.3, 0.4) is 0 Å². The maximum Gasteiger partial charge on any atom is 0.287 e. The lowest BCUT2D eigenvalue weighted by molar-refractivity contribution is 0.0940. The molecule has 1 amide bonds. The topological polar surface area (TPSA) is 59.3 Å². The molecule has 5 heteroatoms. The van der Waals surface area contributed by atoms with Crippen LogP contribution in [0.2, 0.25) is 0 Å². The molecule has 4 aromatic rings. The highest BCUT2D eigenvalue weighted by molar-refractivity contribution is 5.94. The van der Waals surface area contributed by atoms with E-state index in [1.165, 1.54) is 0 Å². The molecule has 25 heavy (non-hydrogen) atoms. The van der Waals surface area contributed by atoms with Gasteiger partial charge in [-0.3, -0.25) is 14.2 Å². The lowest BCUT2D eigenvalue weighted by atomic mass is 10.1. The first-order valence-corrected chi connectivity index (χ1v) is 8.02. The summed E-state index contributed by atoms with van der Waals surface area (Å²) in [6, 6.07) is 19.4. The quantitative estimate of drug-likeness (QED) is 0.625. The molecule has 0 bridgehead atoms. The third kappa shape index (κ3) is 2.99. The second kappa shape index (κ2) is 6.57. The second-order valence-electron chi connectivity index (χ2n) is 5.65. The standard InChI is InChI=1S/C20H16N4O/c25-20(22-14-15-7-6-11-21-13-15)19-23-18(16-8-2-1-3-9-16)17-10-4-5-12-24(17)19/h1-13H,14H2,(H,22,25). The Morgan fingerprint density at radius 2 is 1.84 bits per heavy atom. The lowest BCUT2D eigenvalue weighted by Gasteiger charge is -2.04. The number of carbonyl (C=O) groups excluding carboxylic acids is 1. The Labute approximate surface area is 145 Å². The van der Waals surface area contributed by atoms with Crippen molar-refractivity contribution in [1.29, 1.82) is 0 Å². The average Bonchev–Trinajstić information content (AvgIpc) is 3.07. The predicted molar refractivity (Wildman–Crippen MR) is 96.0 cm³/mol. The van der Waals surface area contributed by atoms with Crippen LogP contribution in [0.1, 0.15) is 16.2 Å². The number of hydrogen-bond donors (Lipinski definition) is 1. The Balaban J connectivity index is 1.69. The van der Waals surface area contributed by atoms with Gasteiger partial charge in [0, 0.05) is 30.7 Å². The van der Waals surface area contributed by atoms with Crippen molar-refractivity contribution in [1.82, 2.24) is 19.7 Å². The van der Waals surface area contributed by atoms with Crippen LogP contribution in [0.5, 0.6) is 0 Å². The van der Waals surface area contributed by atoms with Gasteiger partial charge in [0.05, 0.1) is 11.2 Å². The number of pyridine rings is 2. The maximum absolute atomic E-state index is 12.7. The van der Waals surface area contributed by atoms with Crippen LogP contribution < -0.4 is 5.32 Å². The molecule has 0 aliphatic carbocycles. The molecule has 1 aromatic carbocycles. The van der Waals surface area contributed by atoms with E-state index < -0.39 is 0 Å². The van der Waals surface area contributed by atoms with Gasteiger partial charge < -0.3 is 5.32 Å². The fraction of sp³-hybridized carbons (Fsp3) is 0.0500. The number of fused-ring (bicyclic) bond motifs is 1. The molecule has 0 unspecified atom stereocenters. The molecule has 0 aliphatic heterocycles. The highest BCUT2D eigenvalue weighted by Crippen LogP contribution is 2.24. The summed E-state index contributed by atoms with van der Waals surface area (Å²) in [4.78, 5) is 21.3. The van der Waals surface area contributed by atoms with Gasteiger partial charge in [0.1, 0.15) is 0 Å². The first-order valence-electron chi connectivity index (χ1n) is 8.02. The molecule has 0 radical (unpaired) electrons. The number of carbonyl (C=O) groups is 1. The molecular weight excluding hydrogens is 312 g/mol. The van der Waals surface area contributed by atoms with E-state index in [0.29, 0.717) is 12.4 Å². The van der Waals surface area contributed by atoms with E-state index in [1.807, 2.05) is 71.3 Å². The lowest BCUT2D eigenvalue weighted by Crippen LogP contribution is -2.25. The molecule has 0 atom stereocenters. The number of nitrogens with one attached hydrogen (secondary N) is 1. The molecule has 5 nitrogen and oxygen atoms in total. The Kier molecular flexibility index (Phi) is 3.96. The molecule has 0 fully saturated rings. The zero-order valence-corrected chi connectivity index (χ0v) is 13.5. The van der Waals surface area contributed by atoms with Crippen LogP contribution in [0.4, 0.5) is 0 Å². The highest BCUT2D eigenvalue weighted by atomic mass is 16.2. The molecule has 4 rings (SSSR count). The second-order valence-corrected chi connectivity index (χ2v) is 5.65. The summed E-state index contributed by atoms with van der Waals surface area (Å²) in [6.07, 6.45) is 5.30. The molecule has 0 saturated carbocycles. The number of imidazole rings is 1. The highest BCUT2D eigenvalue weighted by Gasteiger charge is 2.17. The number of amides is 1. The van der Waals surface area contributed by atoms with Crippen LogP contribution >= 0.6 is 0 Å². The normalized spacial score (nSPS) is 10.7. The monoisotopic (exact) mass is 328 g/mol. The minimum Gasteiger partial charge on any atom is -0.345 e. The van der Waals surface area contributed by atoms with Crippen molar-refractivity contribution in [3.8, 4) is 11.3 Å². The van der Waals surface area contributed by atoms with Gasteiger partial charge in [0.2, 0.25) is 5.82 Å². The minimum absolute atomic E-state index is 0.216.